The number of nitrogens with one attached hydrogen (secondary N) is 1. The third kappa shape index (κ3) is 3.97. The van der Waals surface area contributed by atoms with Crippen LogP contribution < -0.4 is 10.1 Å². The summed E-state index contributed by atoms with van der Waals surface area (Å²) in [5, 5.41) is 5.28. The highest BCUT2D eigenvalue weighted by Crippen LogP contribution is 2.33. The van der Waals surface area contributed by atoms with Crippen LogP contribution in [0.1, 0.15) is 43.2 Å². The first-order chi connectivity index (χ1) is 14.8. The summed E-state index contributed by atoms with van der Waals surface area (Å²) in [5.74, 6) is 1.55. The van der Waals surface area contributed by atoms with Crippen LogP contribution in [-0.4, -0.2) is 12.5 Å². The molecule has 0 bridgehead atoms. The molecule has 2 aliphatic rings. The molecule has 0 spiro atoms. The van der Waals surface area contributed by atoms with E-state index in [9.17, 15) is 4.79 Å². The summed E-state index contributed by atoms with van der Waals surface area (Å²) < 4.78 is 5.88. The zero-order valence-corrected chi connectivity index (χ0v) is 17.2. The van der Waals surface area contributed by atoms with Gasteiger partial charge in [0.2, 0.25) is 0 Å². The summed E-state index contributed by atoms with van der Waals surface area (Å²) in [5.41, 5.74) is 3.81. The summed E-state index contributed by atoms with van der Waals surface area (Å²) in [7, 11) is 0. The third-order valence-corrected chi connectivity index (χ3v) is 6.39. The van der Waals surface area contributed by atoms with Crippen molar-refractivity contribution in [1.29, 1.82) is 0 Å². The van der Waals surface area contributed by atoms with Gasteiger partial charge in [-0.15, -0.1) is 0 Å². The molecule has 3 aromatic carbocycles. The zero-order chi connectivity index (χ0) is 20.3. The van der Waals surface area contributed by atoms with Crippen molar-refractivity contribution in [2.75, 3.05) is 11.9 Å². The van der Waals surface area contributed by atoms with Crippen LogP contribution in [0.25, 0.3) is 16.8 Å². The van der Waals surface area contributed by atoms with E-state index in [1.807, 2.05) is 36.4 Å². The molecule has 3 heteroatoms. The van der Waals surface area contributed by atoms with E-state index in [1.165, 1.54) is 37.7 Å². The Kier molecular flexibility index (Phi) is 5.27. The van der Waals surface area contributed by atoms with Crippen molar-refractivity contribution in [1.82, 2.24) is 0 Å². The number of ether oxygens (including phenoxy) is 1. The van der Waals surface area contributed by atoms with Gasteiger partial charge in [-0.3, -0.25) is 4.79 Å². The fourth-order valence-corrected chi connectivity index (χ4v) is 4.71. The SMILES string of the molecule is O=C(Nc1ccc(CC2CCCCC2)cc1)C1=Cc2c(ccc3ccccc23)OC1. The fraction of sp³-hybridized carbons (Fsp3) is 0.296. The van der Waals surface area contributed by atoms with Gasteiger partial charge in [0.05, 0.1) is 5.57 Å². The summed E-state index contributed by atoms with van der Waals surface area (Å²) >= 11 is 0. The molecular weight excluding hydrogens is 370 g/mol. The topological polar surface area (TPSA) is 38.3 Å². The predicted octanol–water partition coefficient (Wildman–Crippen LogP) is 6.38. The Bertz CT molecular complexity index is 1090. The van der Waals surface area contributed by atoms with Gasteiger partial charge in [-0.1, -0.05) is 74.6 Å². The van der Waals surface area contributed by atoms with E-state index >= 15 is 0 Å². The van der Waals surface area contributed by atoms with Crippen LogP contribution in [0, 0.1) is 5.92 Å². The second kappa shape index (κ2) is 8.35. The number of amides is 1. The Balaban J connectivity index is 1.30. The Hall–Kier alpha value is -3.07. The molecule has 0 atom stereocenters. The number of carbonyl (C=O) groups excluding carboxylic acids is 1. The van der Waals surface area contributed by atoms with Gasteiger partial charge in [0.15, 0.2) is 0 Å². The summed E-state index contributed by atoms with van der Waals surface area (Å²) in [6, 6.07) is 20.6. The molecule has 1 aliphatic heterocycles. The molecular formula is C27H27NO2. The van der Waals surface area contributed by atoms with Gasteiger partial charge >= 0.3 is 0 Å². The average molecular weight is 398 g/mol. The highest BCUT2D eigenvalue weighted by molar-refractivity contribution is 6.09. The first kappa shape index (κ1) is 18.9. The molecule has 30 heavy (non-hydrogen) atoms. The van der Waals surface area contributed by atoms with E-state index in [0.29, 0.717) is 5.57 Å². The van der Waals surface area contributed by atoms with Gasteiger partial charge in [0.25, 0.3) is 5.91 Å². The molecule has 152 valence electrons. The maximum absolute atomic E-state index is 12.9. The predicted molar refractivity (Wildman–Crippen MR) is 123 cm³/mol. The van der Waals surface area contributed by atoms with Crippen molar-refractivity contribution in [2.45, 2.75) is 38.5 Å². The zero-order valence-electron chi connectivity index (χ0n) is 17.2. The minimum absolute atomic E-state index is 0.103. The van der Waals surface area contributed by atoms with Crippen LogP contribution in [0.2, 0.25) is 0 Å². The summed E-state index contributed by atoms with van der Waals surface area (Å²) in [6.45, 7) is 0.289. The van der Waals surface area contributed by atoms with Crippen molar-refractivity contribution in [3.05, 3.63) is 77.4 Å². The van der Waals surface area contributed by atoms with Crippen LogP contribution in [0.3, 0.4) is 0 Å². The third-order valence-electron chi connectivity index (χ3n) is 6.39. The molecule has 1 N–H and O–H groups in total. The fourth-order valence-electron chi connectivity index (χ4n) is 4.71. The van der Waals surface area contributed by atoms with E-state index in [1.54, 1.807) is 0 Å². The number of hydrogen-bond donors (Lipinski definition) is 1. The van der Waals surface area contributed by atoms with Crippen LogP contribution in [-0.2, 0) is 11.2 Å². The molecule has 3 nitrogen and oxygen atoms in total. The summed E-state index contributed by atoms with van der Waals surface area (Å²) in [4.78, 5) is 12.9. The van der Waals surface area contributed by atoms with Crippen molar-refractivity contribution in [3.8, 4) is 5.75 Å². The van der Waals surface area contributed by atoms with Gasteiger partial charge in [-0.2, -0.15) is 0 Å². The van der Waals surface area contributed by atoms with Crippen molar-refractivity contribution < 1.29 is 9.53 Å². The van der Waals surface area contributed by atoms with Gasteiger partial charge < -0.3 is 10.1 Å². The van der Waals surface area contributed by atoms with E-state index < -0.39 is 0 Å². The minimum atomic E-state index is -0.103. The minimum Gasteiger partial charge on any atom is -0.488 e. The van der Waals surface area contributed by atoms with Crippen LogP contribution in [0.15, 0.2) is 66.2 Å². The standard InChI is InChI=1S/C27H27NO2/c29-27(28-23-13-10-20(11-14-23)16-19-6-2-1-3-7-19)22-17-25-24-9-5-4-8-21(24)12-15-26(25)30-18-22/h4-5,8-15,17,19H,1-3,6-7,16,18H2,(H,28,29). The average Bonchev–Trinajstić information content (AvgIpc) is 2.80. The lowest BCUT2D eigenvalue weighted by Gasteiger charge is -2.21. The maximum Gasteiger partial charge on any atom is 0.255 e. The smallest absolute Gasteiger partial charge is 0.255 e. The molecule has 0 radical (unpaired) electrons. The Morgan fingerprint density at radius 3 is 2.57 bits per heavy atom. The number of carbonyl (C=O) groups is 1. The molecule has 3 aromatic rings. The molecule has 1 amide bonds. The first-order valence-electron chi connectivity index (χ1n) is 11.0. The first-order valence-corrected chi connectivity index (χ1v) is 11.0. The lowest BCUT2D eigenvalue weighted by Crippen LogP contribution is -2.21. The molecule has 0 unspecified atom stereocenters. The number of fused-ring (bicyclic) bond motifs is 3. The summed E-state index contributed by atoms with van der Waals surface area (Å²) in [6.07, 6.45) is 9.95. The van der Waals surface area contributed by atoms with Gasteiger partial charge in [0.1, 0.15) is 12.4 Å². The molecule has 1 aliphatic carbocycles. The maximum atomic E-state index is 12.9. The number of rotatable bonds is 4. The normalized spacial score (nSPS) is 16.5. The van der Waals surface area contributed by atoms with E-state index in [0.717, 1.165) is 40.1 Å². The number of benzene rings is 3. The lowest BCUT2D eigenvalue weighted by molar-refractivity contribution is -0.113. The Morgan fingerprint density at radius 1 is 0.933 bits per heavy atom. The number of hydrogen-bond acceptors (Lipinski definition) is 2. The second-order valence-corrected chi connectivity index (χ2v) is 8.52. The van der Waals surface area contributed by atoms with Crippen molar-refractivity contribution in [3.63, 3.8) is 0 Å². The van der Waals surface area contributed by atoms with Crippen LogP contribution in [0.5, 0.6) is 5.75 Å². The monoisotopic (exact) mass is 397 g/mol. The van der Waals surface area contributed by atoms with E-state index in [2.05, 4.69) is 35.6 Å². The highest BCUT2D eigenvalue weighted by Gasteiger charge is 2.19. The Labute approximate surface area is 177 Å². The largest absolute Gasteiger partial charge is 0.488 e. The van der Waals surface area contributed by atoms with Gasteiger partial charge in [-0.25, -0.2) is 0 Å². The highest BCUT2D eigenvalue weighted by atomic mass is 16.5. The lowest BCUT2D eigenvalue weighted by atomic mass is 9.85. The van der Waals surface area contributed by atoms with Gasteiger partial charge in [-0.05, 0) is 52.9 Å². The molecule has 1 heterocycles. The van der Waals surface area contributed by atoms with Gasteiger partial charge in [0, 0.05) is 11.3 Å². The molecule has 1 fully saturated rings. The number of anilines is 1. The quantitative estimate of drug-likeness (QED) is 0.555. The Morgan fingerprint density at radius 2 is 1.73 bits per heavy atom. The van der Waals surface area contributed by atoms with Crippen LogP contribution >= 0.6 is 0 Å². The van der Waals surface area contributed by atoms with E-state index in [-0.39, 0.29) is 12.5 Å². The van der Waals surface area contributed by atoms with Crippen molar-refractivity contribution in [2.24, 2.45) is 5.92 Å². The molecule has 1 saturated carbocycles. The van der Waals surface area contributed by atoms with Crippen LogP contribution in [0.4, 0.5) is 5.69 Å². The van der Waals surface area contributed by atoms with Crippen molar-refractivity contribution >= 4 is 28.4 Å². The second-order valence-electron chi connectivity index (χ2n) is 8.52. The molecule has 0 saturated heterocycles. The molecule has 0 aromatic heterocycles. The van der Waals surface area contributed by atoms with E-state index in [4.69, 9.17) is 4.74 Å². The molecule has 5 rings (SSSR count).